The summed E-state index contributed by atoms with van der Waals surface area (Å²) in [5.41, 5.74) is 0. The van der Waals surface area contributed by atoms with E-state index in [1.165, 1.54) is 0 Å². The largest absolute Gasteiger partial charge is 0.493 e. The standard InChI is InChI=1S/C21H30O3/c1-15(2)10-12-23-20-18-9-7-6-8-17(18)14-19(22-5)21(20)24-13-11-16(3)4/h6-9,14-16H,10-13H2,1-5H3. The molecule has 0 N–H and O–H groups in total. The van der Waals surface area contributed by atoms with Crippen LogP contribution in [0.4, 0.5) is 0 Å². The van der Waals surface area contributed by atoms with Crippen molar-refractivity contribution in [3.05, 3.63) is 30.3 Å². The van der Waals surface area contributed by atoms with E-state index < -0.39 is 0 Å². The Morgan fingerprint density at radius 1 is 0.833 bits per heavy atom. The van der Waals surface area contributed by atoms with Crippen molar-refractivity contribution in [1.29, 1.82) is 0 Å². The van der Waals surface area contributed by atoms with Crippen LogP contribution >= 0.6 is 0 Å². The molecule has 0 aliphatic heterocycles. The van der Waals surface area contributed by atoms with E-state index in [-0.39, 0.29) is 0 Å². The molecule has 3 heteroatoms. The average Bonchev–Trinajstić information content (AvgIpc) is 2.55. The third-order valence-corrected chi connectivity index (χ3v) is 4.03. The predicted octanol–water partition coefficient (Wildman–Crippen LogP) is 5.70. The molecule has 0 unspecified atom stereocenters. The van der Waals surface area contributed by atoms with Gasteiger partial charge in [-0.25, -0.2) is 0 Å². The van der Waals surface area contributed by atoms with Crippen molar-refractivity contribution in [3.8, 4) is 17.2 Å². The Balaban J connectivity index is 2.37. The van der Waals surface area contributed by atoms with Gasteiger partial charge in [-0.3, -0.25) is 0 Å². The highest BCUT2D eigenvalue weighted by Crippen LogP contribution is 2.44. The van der Waals surface area contributed by atoms with Crippen LogP contribution in [0, 0.1) is 11.8 Å². The van der Waals surface area contributed by atoms with Crippen molar-refractivity contribution in [1.82, 2.24) is 0 Å². The lowest BCUT2D eigenvalue weighted by atomic mass is 10.1. The summed E-state index contributed by atoms with van der Waals surface area (Å²) in [4.78, 5) is 0. The highest BCUT2D eigenvalue weighted by Gasteiger charge is 2.17. The zero-order valence-electron chi connectivity index (χ0n) is 15.6. The molecular weight excluding hydrogens is 300 g/mol. The monoisotopic (exact) mass is 330 g/mol. The summed E-state index contributed by atoms with van der Waals surface area (Å²) in [5.74, 6) is 3.46. The molecule has 0 aliphatic carbocycles. The second kappa shape index (κ2) is 8.81. The number of benzene rings is 2. The van der Waals surface area contributed by atoms with E-state index >= 15 is 0 Å². The summed E-state index contributed by atoms with van der Waals surface area (Å²) in [5, 5.41) is 2.17. The molecule has 0 radical (unpaired) electrons. The van der Waals surface area contributed by atoms with Crippen molar-refractivity contribution in [2.45, 2.75) is 40.5 Å². The normalized spacial score (nSPS) is 11.3. The average molecular weight is 330 g/mol. The lowest BCUT2D eigenvalue weighted by Gasteiger charge is -2.19. The van der Waals surface area contributed by atoms with Crippen LogP contribution in [-0.2, 0) is 0 Å². The van der Waals surface area contributed by atoms with E-state index in [1.54, 1.807) is 7.11 Å². The van der Waals surface area contributed by atoms with Gasteiger partial charge in [0.25, 0.3) is 0 Å². The van der Waals surface area contributed by atoms with Gasteiger partial charge in [-0.1, -0.05) is 52.0 Å². The summed E-state index contributed by atoms with van der Waals surface area (Å²) in [6, 6.07) is 10.2. The minimum atomic E-state index is 0.599. The second-order valence-electron chi connectivity index (χ2n) is 7.02. The number of ether oxygens (including phenoxy) is 3. The molecule has 0 spiro atoms. The van der Waals surface area contributed by atoms with E-state index in [2.05, 4.69) is 39.8 Å². The first-order valence-electron chi connectivity index (χ1n) is 8.88. The van der Waals surface area contributed by atoms with Crippen molar-refractivity contribution in [3.63, 3.8) is 0 Å². The Bertz CT molecular complexity index is 647. The number of methoxy groups -OCH3 is 1. The van der Waals surface area contributed by atoms with Gasteiger partial charge in [-0.15, -0.1) is 0 Å². The fraction of sp³-hybridized carbons (Fsp3) is 0.524. The molecule has 0 bridgehead atoms. The molecule has 2 rings (SSSR count). The maximum absolute atomic E-state index is 6.16. The molecule has 0 heterocycles. The molecule has 24 heavy (non-hydrogen) atoms. The van der Waals surface area contributed by atoms with Gasteiger partial charge in [0.1, 0.15) is 0 Å². The molecule has 2 aromatic carbocycles. The highest BCUT2D eigenvalue weighted by atomic mass is 16.5. The van der Waals surface area contributed by atoms with Gasteiger partial charge in [0.15, 0.2) is 11.5 Å². The van der Waals surface area contributed by atoms with Gasteiger partial charge in [-0.05, 0) is 36.1 Å². The molecule has 3 nitrogen and oxygen atoms in total. The van der Waals surface area contributed by atoms with Crippen LogP contribution in [0.25, 0.3) is 10.8 Å². The SMILES string of the molecule is COc1cc2ccccc2c(OCCC(C)C)c1OCCC(C)C. The molecule has 0 saturated heterocycles. The predicted molar refractivity (Wildman–Crippen MR) is 100 cm³/mol. The minimum Gasteiger partial charge on any atom is -0.493 e. The summed E-state index contributed by atoms with van der Waals surface area (Å²) in [6.45, 7) is 10.1. The zero-order chi connectivity index (χ0) is 17.5. The van der Waals surface area contributed by atoms with Crippen LogP contribution < -0.4 is 14.2 Å². The smallest absolute Gasteiger partial charge is 0.204 e. The molecule has 0 saturated carbocycles. The lowest BCUT2D eigenvalue weighted by Crippen LogP contribution is -2.07. The third kappa shape index (κ3) is 4.80. The van der Waals surface area contributed by atoms with Crippen molar-refractivity contribution >= 4 is 10.8 Å². The quantitative estimate of drug-likeness (QED) is 0.590. The van der Waals surface area contributed by atoms with E-state index in [0.29, 0.717) is 25.0 Å². The van der Waals surface area contributed by atoms with E-state index in [0.717, 1.165) is 40.9 Å². The topological polar surface area (TPSA) is 27.7 Å². The molecule has 0 fully saturated rings. The van der Waals surface area contributed by atoms with Gasteiger partial charge in [0.2, 0.25) is 5.75 Å². The van der Waals surface area contributed by atoms with Crippen molar-refractivity contribution < 1.29 is 14.2 Å². The Morgan fingerprint density at radius 3 is 2.00 bits per heavy atom. The summed E-state index contributed by atoms with van der Waals surface area (Å²) in [7, 11) is 1.68. The molecule has 0 aromatic heterocycles. The maximum atomic E-state index is 6.16. The molecule has 0 amide bonds. The first-order chi connectivity index (χ1) is 11.5. The lowest BCUT2D eigenvalue weighted by molar-refractivity contribution is 0.239. The molecule has 0 aliphatic rings. The van der Waals surface area contributed by atoms with Crippen LogP contribution in [0.2, 0.25) is 0 Å². The van der Waals surface area contributed by atoms with E-state index in [9.17, 15) is 0 Å². The highest BCUT2D eigenvalue weighted by molar-refractivity contribution is 5.93. The molecule has 2 aromatic rings. The third-order valence-electron chi connectivity index (χ3n) is 4.03. The van der Waals surface area contributed by atoms with Gasteiger partial charge >= 0.3 is 0 Å². The first-order valence-corrected chi connectivity index (χ1v) is 8.88. The fourth-order valence-corrected chi connectivity index (χ4v) is 2.50. The van der Waals surface area contributed by atoms with Gasteiger partial charge < -0.3 is 14.2 Å². The number of hydrogen-bond donors (Lipinski definition) is 0. The maximum Gasteiger partial charge on any atom is 0.204 e. The van der Waals surface area contributed by atoms with E-state index in [4.69, 9.17) is 14.2 Å². The summed E-state index contributed by atoms with van der Waals surface area (Å²) in [6.07, 6.45) is 2.01. The molecular formula is C21H30O3. The summed E-state index contributed by atoms with van der Waals surface area (Å²) >= 11 is 0. The van der Waals surface area contributed by atoms with Crippen LogP contribution in [0.3, 0.4) is 0 Å². The zero-order valence-corrected chi connectivity index (χ0v) is 15.6. The molecule has 132 valence electrons. The molecule has 0 atom stereocenters. The van der Waals surface area contributed by atoms with Crippen molar-refractivity contribution in [2.24, 2.45) is 11.8 Å². The van der Waals surface area contributed by atoms with Crippen molar-refractivity contribution in [2.75, 3.05) is 20.3 Å². The Labute approximate surface area is 145 Å². The van der Waals surface area contributed by atoms with Gasteiger partial charge in [0, 0.05) is 5.39 Å². The Kier molecular flexibility index (Phi) is 6.77. The summed E-state index contributed by atoms with van der Waals surface area (Å²) < 4.78 is 17.8. The Hall–Kier alpha value is -1.90. The number of rotatable bonds is 9. The van der Waals surface area contributed by atoms with E-state index in [1.807, 2.05) is 18.2 Å². The van der Waals surface area contributed by atoms with Crippen LogP contribution in [0.5, 0.6) is 17.2 Å². The van der Waals surface area contributed by atoms with Crippen LogP contribution in [0.15, 0.2) is 30.3 Å². The number of hydrogen-bond acceptors (Lipinski definition) is 3. The fourth-order valence-electron chi connectivity index (χ4n) is 2.50. The van der Waals surface area contributed by atoms with Gasteiger partial charge in [-0.2, -0.15) is 0 Å². The van der Waals surface area contributed by atoms with Crippen LogP contribution in [0.1, 0.15) is 40.5 Å². The van der Waals surface area contributed by atoms with Crippen LogP contribution in [-0.4, -0.2) is 20.3 Å². The minimum absolute atomic E-state index is 0.599. The first kappa shape index (κ1) is 18.4. The van der Waals surface area contributed by atoms with Gasteiger partial charge in [0.05, 0.1) is 20.3 Å². The second-order valence-corrected chi connectivity index (χ2v) is 7.02. The Morgan fingerprint density at radius 2 is 1.42 bits per heavy atom. The number of fused-ring (bicyclic) bond motifs is 1.